The molecule has 9 heteroatoms. The maximum Gasteiger partial charge on any atom is 0.174 e. The van der Waals surface area contributed by atoms with Gasteiger partial charge in [0.25, 0.3) is 0 Å². The van der Waals surface area contributed by atoms with Crippen LogP contribution in [-0.4, -0.2) is 36.4 Å². The summed E-state index contributed by atoms with van der Waals surface area (Å²) in [6.45, 7) is 3.80. The van der Waals surface area contributed by atoms with Crippen molar-refractivity contribution in [2.24, 2.45) is 0 Å². The summed E-state index contributed by atoms with van der Waals surface area (Å²) in [5, 5.41) is 62.7. The summed E-state index contributed by atoms with van der Waals surface area (Å²) >= 11 is 0. The van der Waals surface area contributed by atoms with Gasteiger partial charge in [-0.3, -0.25) is 4.79 Å². The topological polar surface area (TPSA) is 157 Å². The summed E-state index contributed by atoms with van der Waals surface area (Å²) in [5.74, 6) is -1.55. The quantitative estimate of drug-likeness (QED) is 0.147. The number of ketones is 1. The number of hydrogen-bond acceptors (Lipinski definition) is 9. The first-order valence-electron chi connectivity index (χ1n) is 13.8. The zero-order valence-corrected chi connectivity index (χ0v) is 23.4. The molecule has 0 radical (unpaired) electrons. The highest BCUT2D eigenvalue weighted by atomic mass is 16.5. The molecule has 0 aliphatic carbocycles. The van der Waals surface area contributed by atoms with Crippen LogP contribution in [-0.2, 0) is 6.42 Å². The highest BCUT2D eigenvalue weighted by Gasteiger charge is 2.40. The van der Waals surface area contributed by atoms with Crippen molar-refractivity contribution in [1.82, 2.24) is 0 Å². The van der Waals surface area contributed by atoms with E-state index in [9.17, 15) is 35.4 Å². The molecule has 0 saturated heterocycles. The van der Waals surface area contributed by atoms with Gasteiger partial charge >= 0.3 is 0 Å². The van der Waals surface area contributed by atoms with Crippen molar-refractivity contribution in [2.75, 3.05) is 0 Å². The van der Waals surface area contributed by atoms with Crippen molar-refractivity contribution in [3.63, 3.8) is 0 Å². The first-order valence-corrected chi connectivity index (χ1v) is 13.8. The molecule has 0 fully saturated rings. The number of carbonyl (C=O) groups is 1. The van der Waals surface area contributed by atoms with Crippen molar-refractivity contribution in [3.8, 4) is 46.0 Å². The lowest BCUT2D eigenvalue weighted by Crippen LogP contribution is -2.22. The zero-order chi connectivity index (χ0) is 30.6. The second kappa shape index (κ2) is 10.5. The fourth-order valence-electron chi connectivity index (χ4n) is 5.85. The summed E-state index contributed by atoms with van der Waals surface area (Å²) in [5.41, 5.74) is 3.46. The lowest BCUT2D eigenvalue weighted by molar-refractivity contribution is 0.0839. The second-order valence-electron chi connectivity index (χ2n) is 11.2. The van der Waals surface area contributed by atoms with Gasteiger partial charge in [-0.05, 0) is 61.7 Å². The number of rotatable bonds is 5. The van der Waals surface area contributed by atoms with Gasteiger partial charge in [-0.2, -0.15) is 0 Å². The van der Waals surface area contributed by atoms with E-state index < -0.39 is 23.9 Å². The maximum atomic E-state index is 13.3. The molecule has 2 heterocycles. The Bertz CT molecular complexity index is 1770. The number of carbonyl (C=O) groups excluding carboxylic acids is 1. The number of hydrogen-bond donors (Lipinski definition) is 6. The Labute approximate surface area is 247 Å². The van der Waals surface area contributed by atoms with Gasteiger partial charge in [-0.15, -0.1) is 0 Å². The summed E-state index contributed by atoms with van der Waals surface area (Å²) in [6.07, 6.45) is 0.346. The molecule has 2 aliphatic rings. The van der Waals surface area contributed by atoms with Crippen molar-refractivity contribution in [3.05, 3.63) is 106 Å². The van der Waals surface area contributed by atoms with Crippen LogP contribution in [0, 0.1) is 0 Å². The zero-order valence-electron chi connectivity index (χ0n) is 23.4. The first kappa shape index (κ1) is 27.8. The van der Waals surface area contributed by atoms with Crippen molar-refractivity contribution >= 4 is 5.78 Å². The number of ether oxygens (including phenoxy) is 2. The number of phenolic OH excluding ortho intramolecular Hbond substituents is 6. The van der Waals surface area contributed by atoms with E-state index in [1.807, 2.05) is 19.9 Å². The lowest BCUT2D eigenvalue weighted by atomic mass is 9.83. The van der Waals surface area contributed by atoms with Crippen LogP contribution >= 0.6 is 0 Å². The van der Waals surface area contributed by atoms with Crippen LogP contribution in [0.25, 0.3) is 0 Å². The summed E-state index contributed by atoms with van der Waals surface area (Å²) in [7, 11) is 0. The molecule has 1 unspecified atom stereocenters. The predicted octanol–water partition coefficient (Wildman–Crippen LogP) is 6.40. The minimum absolute atomic E-state index is 0.0179. The highest BCUT2D eigenvalue weighted by molar-refractivity contribution is 6.03. The average molecular weight is 583 g/mol. The van der Waals surface area contributed by atoms with E-state index in [1.165, 1.54) is 36.4 Å². The molecular formula is C34H30O9. The number of benzene rings is 4. The molecule has 43 heavy (non-hydrogen) atoms. The van der Waals surface area contributed by atoms with E-state index in [4.69, 9.17) is 9.47 Å². The van der Waals surface area contributed by atoms with E-state index in [0.29, 0.717) is 28.0 Å². The van der Waals surface area contributed by atoms with Gasteiger partial charge in [0.1, 0.15) is 63.8 Å². The van der Waals surface area contributed by atoms with E-state index in [-0.39, 0.29) is 64.2 Å². The Morgan fingerprint density at radius 3 is 2.14 bits per heavy atom. The molecule has 4 aromatic carbocycles. The third kappa shape index (κ3) is 5.03. The third-order valence-corrected chi connectivity index (χ3v) is 7.87. The fourth-order valence-corrected chi connectivity index (χ4v) is 5.85. The molecule has 6 N–H and O–H groups in total. The second-order valence-corrected chi connectivity index (χ2v) is 11.2. The molecule has 6 rings (SSSR count). The van der Waals surface area contributed by atoms with Gasteiger partial charge in [-0.25, -0.2) is 0 Å². The van der Waals surface area contributed by atoms with E-state index in [0.717, 1.165) is 11.6 Å². The van der Waals surface area contributed by atoms with Gasteiger partial charge in [0.15, 0.2) is 5.78 Å². The lowest BCUT2D eigenvalue weighted by Gasteiger charge is -2.29. The summed E-state index contributed by atoms with van der Waals surface area (Å²) in [4.78, 5) is 13.3. The monoisotopic (exact) mass is 582 g/mol. The minimum atomic E-state index is -0.956. The Hall–Kier alpha value is -5.31. The molecule has 2 aliphatic heterocycles. The Balaban J connectivity index is 1.46. The number of phenols is 6. The van der Waals surface area contributed by atoms with E-state index in [2.05, 4.69) is 0 Å². The maximum absolute atomic E-state index is 13.3. The molecule has 0 amide bonds. The van der Waals surface area contributed by atoms with Gasteiger partial charge < -0.3 is 40.1 Å². The standard InChI is InChI=1S/C34H30O9/c1-16(2)3-8-22-25(38)13-27(40)32-28(41)15-29(43-34(22)32)23-12-24-30(14-26(23)39)42-33(17-4-6-19(35)7-5-17)31(24)18-9-20(36)11-21(37)10-18/h3-7,9-14,29,31,33,35-40H,8,15H2,1-2H3/t29-,31?,33-/m0/s1. The van der Waals surface area contributed by atoms with Crippen LogP contribution in [0.2, 0.25) is 0 Å². The fraction of sp³-hybridized carbons (Fsp3) is 0.206. The molecule has 0 saturated carbocycles. The normalized spacial score (nSPS) is 18.7. The van der Waals surface area contributed by atoms with Crippen LogP contribution in [0.4, 0.5) is 0 Å². The van der Waals surface area contributed by atoms with Crippen molar-refractivity contribution < 1.29 is 44.9 Å². The van der Waals surface area contributed by atoms with Crippen LogP contribution in [0.5, 0.6) is 46.0 Å². The van der Waals surface area contributed by atoms with Crippen molar-refractivity contribution in [1.29, 1.82) is 0 Å². The van der Waals surface area contributed by atoms with Gasteiger partial charge in [0.05, 0.1) is 12.3 Å². The molecular weight excluding hydrogens is 552 g/mol. The van der Waals surface area contributed by atoms with Crippen LogP contribution in [0.3, 0.4) is 0 Å². The SMILES string of the molecule is CC(C)=CCc1c(O)cc(O)c2c1O[C@H](c1cc3c(cc1O)O[C@@H](c1ccc(O)cc1)C3c1cc(O)cc(O)c1)CC2=O. The minimum Gasteiger partial charge on any atom is -0.508 e. The summed E-state index contributed by atoms with van der Waals surface area (Å²) < 4.78 is 12.6. The van der Waals surface area contributed by atoms with Crippen LogP contribution in [0.15, 0.2) is 72.3 Å². The largest absolute Gasteiger partial charge is 0.508 e. The average Bonchev–Trinajstić information content (AvgIpc) is 3.29. The molecule has 4 aromatic rings. The molecule has 9 nitrogen and oxygen atoms in total. The van der Waals surface area contributed by atoms with E-state index in [1.54, 1.807) is 18.2 Å². The highest BCUT2D eigenvalue weighted by Crippen LogP contribution is 2.54. The van der Waals surface area contributed by atoms with Gasteiger partial charge in [0.2, 0.25) is 0 Å². The summed E-state index contributed by atoms with van der Waals surface area (Å²) in [6, 6.07) is 15.0. The smallest absolute Gasteiger partial charge is 0.174 e. The number of aromatic hydroxyl groups is 6. The van der Waals surface area contributed by atoms with Gasteiger partial charge in [0, 0.05) is 34.9 Å². The number of allylic oxidation sites excluding steroid dienone is 2. The molecule has 220 valence electrons. The molecule has 0 bridgehead atoms. The van der Waals surface area contributed by atoms with Crippen LogP contribution < -0.4 is 9.47 Å². The Morgan fingerprint density at radius 1 is 0.767 bits per heavy atom. The van der Waals surface area contributed by atoms with Gasteiger partial charge in [-0.1, -0.05) is 23.8 Å². The number of fused-ring (bicyclic) bond motifs is 2. The predicted molar refractivity (Wildman–Crippen MR) is 156 cm³/mol. The Kier molecular flexibility index (Phi) is 6.80. The Morgan fingerprint density at radius 2 is 1.47 bits per heavy atom. The molecule has 0 aromatic heterocycles. The van der Waals surface area contributed by atoms with Crippen LogP contribution in [0.1, 0.15) is 76.6 Å². The molecule has 3 atom stereocenters. The first-order chi connectivity index (χ1) is 20.5. The number of Topliss-reactive ketones (excluding diaryl/α,β-unsaturated/α-hetero) is 1. The van der Waals surface area contributed by atoms with Crippen molar-refractivity contribution in [2.45, 2.75) is 44.8 Å². The van der Waals surface area contributed by atoms with E-state index >= 15 is 0 Å². The molecule has 0 spiro atoms. The third-order valence-electron chi connectivity index (χ3n) is 7.87.